The third-order valence-electron chi connectivity index (χ3n) is 5.36. The molecule has 3 heterocycles. The second kappa shape index (κ2) is 7.44. The number of rotatable bonds is 4. The molecule has 0 atom stereocenters. The van der Waals surface area contributed by atoms with Gasteiger partial charge in [-0.2, -0.15) is 4.98 Å². The minimum Gasteiger partial charge on any atom is -0.347 e. The highest BCUT2D eigenvalue weighted by Gasteiger charge is 2.40. The topological polar surface area (TPSA) is 50.7 Å². The standard InChI is InChI=1S/C21H28N4O2/c1-4-25(18-7-5-6-16(2)14-18)19-15-17(3)22-20(23-19)24-10-8-21(9-11-24)26-12-13-27-21/h5-7,14-15H,4,8-13H2,1-3H3. The molecule has 1 spiro atoms. The number of hydrogen-bond donors (Lipinski definition) is 0. The van der Waals surface area contributed by atoms with Crippen molar-refractivity contribution < 1.29 is 9.47 Å². The Morgan fingerprint density at radius 3 is 2.48 bits per heavy atom. The summed E-state index contributed by atoms with van der Waals surface area (Å²) in [5.74, 6) is 1.36. The SMILES string of the molecule is CCN(c1cccc(C)c1)c1cc(C)nc(N2CCC3(CC2)OCCO3)n1. The Morgan fingerprint density at radius 2 is 1.81 bits per heavy atom. The van der Waals surface area contributed by atoms with E-state index in [0.717, 1.165) is 55.6 Å². The van der Waals surface area contributed by atoms with Gasteiger partial charge in [-0.05, 0) is 38.5 Å². The third kappa shape index (κ3) is 3.77. The van der Waals surface area contributed by atoms with Crippen LogP contribution in [0.5, 0.6) is 0 Å². The lowest BCUT2D eigenvalue weighted by Gasteiger charge is -2.37. The van der Waals surface area contributed by atoms with Crippen molar-refractivity contribution in [3.63, 3.8) is 0 Å². The highest BCUT2D eigenvalue weighted by Crippen LogP contribution is 2.33. The zero-order chi connectivity index (χ0) is 18.9. The van der Waals surface area contributed by atoms with Crippen LogP contribution < -0.4 is 9.80 Å². The molecule has 0 unspecified atom stereocenters. The van der Waals surface area contributed by atoms with Crippen LogP contribution in [0.1, 0.15) is 31.0 Å². The molecule has 0 radical (unpaired) electrons. The second-order valence-corrected chi connectivity index (χ2v) is 7.35. The normalized spacial score (nSPS) is 18.9. The molecular weight excluding hydrogens is 340 g/mol. The number of piperidine rings is 1. The zero-order valence-electron chi connectivity index (χ0n) is 16.4. The fourth-order valence-corrected chi connectivity index (χ4v) is 3.92. The molecule has 1 aromatic carbocycles. The Morgan fingerprint density at radius 1 is 1.07 bits per heavy atom. The largest absolute Gasteiger partial charge is 0.347 e. The minimum atomic E-state index is -0.375. The lowest BCUT2D eigenvalue weighted by Crippen LogP contribution is -2.45. The van der Waals surface area contributed by atoms with Gasteiger partial charge in [0.1, 0.15) is 5.82 Å². The van der Waals surface area contributed by atoms with E-state index in [-0.39, 0.29) is 5.79 Å². The zero-order valence-corrected chi connectivity index (χ0v) is 16.4. The average Bonchev–Trinajstić information content (AvgIpc) is 3.11. The molecule has 1 aromatic heterocycles. The number of aryl methyl sites for hydroxylation is 2. The summed E-state index contributed by atoms with van der Waals surface area (Å²) in [7, 11) is 0. The van der Waals surface area contributed by atoms with Crippen LogP contribution >= 0.6 is 0 Å². The van der Waals surface area contributed by atoms with Crippen LogP contribution in [-0.2, 0) is 9.47 Å². The Kier molecular flexibility index (Phi) is 5.02. The quantitative estimate of drug-likeness (QED) is 0.822. The van der Waals surface area contributed by atoms with E-state index >= 15 is 0 Å². The molecule has 144 valence electrons. The molecule has 4 rings (SSSR count). The van der Waals surface area contributed by atoms with Gasteiger partial charge < -0.3 is 19.3 Å². The summed E-state index contributed by atoms with van der Waals surface area (Å²) in [5.41, 5.74) is 3.39. The minimum absolute atomic E-state index is 0.375. The van der Waals surface area contributed by atoms with Crippen molar-refractivity contribution in [2.24, 2.45) is 0 Å². The Balaban J connectivity index is 1.58. The van der Waals surface area contributed by atoms with Crippen molar-refractivity contribution in [3.8, 4) is 0 Å². The van der Waals surface area contributed by atoms with Gasteiger partial charge in [0.25, 0.3) is 0 Å². The summed E-state index contributed by atoms with van der Waals surface area (Å²) in [5, 5.41) is 0. The van der Waals surface area contributed by atoms with E-state index in [4.69, 9.17) is 19.4 Å². The first kappa shape index (κ1) is 18.2. The molecule has 2 saturated heterocycles. The van der Waals surface area contributed by atoms with E-state index in [1.807, 2.05) is 6.92 Å². The van der Waals surface area contributed by atoms with Crippen LogP contribution in [0.15, 0.2) is 30.3 Å². The van der Waals surface area contributed by atoms with Crippen molar-refractivity contribution in [1.29, 1.82) is 0 Å². The fourth-order valence-electron chi connectivity index (χ4n) is 3.92. The first-order chi connectivity index (χ1) is 13.1. The molecule has 2 aliphatic heterocycles. The highest BCUT2D eigenvalue weighted by atomic mass is 16.7. The first-order valence-corrected chi connectivity index (χ1v) is 9.81. The predicted molar refractivity (Wildman–Crippen MR) is 107 cm³/mol. The third-order valence-corrected chi connectivity index (χ3v) is 5.36. The van der Waals surface area contributed by atoms with Crippen molar-refractivity contribution >= 4 is 17.5 Å². The van der Waals surface area contributed by atoms with Crippen LogP contribution in [0.25, 0.3) is 0 Å². The molecular formula is C21H28N4O2. The summed E-state index contributed by atoms with van der Waals surface area (Å²) in [6.45, 7) is 10.3. The van der Waals surface area contributed by atoms with E-state index in [1.165, 1.54) is 5.56 Å². The summed E-state index contributed by atoms with van der Waals surface area (Å²) in [4.78, 5) is 14.1. The van der Waals surface area contributed by atoms with E-state index in [9.17, 15) is 0 Å². The van der Waals surface area contributed by atoms with Gasteiger partial charge in [-0.3, -0.25) is 0 Å². The lowest BCUT2D eigenvalue weighted by molar-refractivity contribution is -0.169. The molecule has 2 aromatic rings. The van der Waals surface area contributed by atoms with Gasteiger partial charge in [0.05, 0.1) is 13.2 Å². The van der Waals surface area contributed by atoms with Gasteiger partial charge in [0.2, 0.25) is 5.95 Å². The highest BCUT2D eigenvalue weighted by molar-refractivity contribution is 5.62. The van der Waals surface area contributed by atoms with Crippen molar-refractivity contribution in [1.82, 2.24) is 9.97 Å². The number of benzene rings is 1. The number of anilines is 3. The van der Waals surface area contributed by atoms with Crippen molar-refractivity contribution in [2.45, 2.75) is 39.4 Å². The molecule has 6 heteroatoms. The number of aromatic nitrogens is 2. The van der Waals surface area contributed by atoms with Crippen LogP contribution in [-0.4, -0.2) is 48.6 Å². The molecule has 2 aliphatic rings. The van der Waals surface area contributed by atoms with E-state index in [0.29, 0.717) is 13.2 Å². The Hall–Kier alpha value is -2.18. The summed E-state index contributed by atoms with van der Waals surface area (Å²) in [6, 6.07) is 10.6. The second-order valence-electron chi connectivity index (χ2n) is 7.35. The summed E-state index contributed by atoms with van der Waals surface area (Å²) >= 11 is 0. The molecule has 0 saturated carbocycles. The van der Waals surface area contributed by atoms with E-state index in [2.05, 4.69) is 54.0 Å². The van der Waals surface area contributed by atoms with Crippen LogP contribution in [0.3, 0.4) is 0 Å². The maximum atomic E-state index is 5.84. The Labute approximate surface area is 161 Å². The molecule has 0 N–H and O–H groups in total. The van der Waals surface area contributed by atoms with Gasteiger partial charge in [-0.25, -0.2) is 4.98 Å². The average molecular weight is 368 g/mol. The first-order valence-electron chi connectivity index (χ1n) is 9.81. The van der Waals surface area contributed by atoms with Crippen molar-refractivity contribution in [3.05, 3.63) is 41.6 Å². The monoisotopic (exact) mass is 368 g/mol. The van der Waals surface area contributed by atoms with Gasteiger partial charge in [0, 0.05) is 49.9 Å². The Bertz CT molecular complexity index is 795. The van der Waals surface area contributed by atoms with Gasteiger partial charge in [0.15, 0.2) is 5.79 Å². The van der Waals surface area contributed by atoms with Gasteiger partial charge in [-0.15, -0.1) is 0 Å². The van der Waals surface area contributed by atoms with Gasteiger partial charge >= 0.3 is 0 Å². The molecule has 27 heavy (non-hydrogen) atoms. The molecule has 0 aliphatic carbocycles. The maximum absolute atomic E-state index is 5.84. The molecule has 6 nitrogen and oxygen atoms in total. The maximum Gasteiger partial charge on any atom is 0.227 e. The number of ether oxygens (including phenoxy) is 2. The molecule has 0 bridgehead atoms. The number of nitrogens with zero attached hydrogens (tertiary/aromatic N) is 4. The van der Waals surface area contributed by atoms with E-state index < -0.39 is 0 Å². The van der Waals surface area contributed by atoms with Crippen molar-refractivity contribution in [2.75, 3.05) is 42.6 Å². The van der Waals surface area contributed by atoms with Crippen LogP contribution in [0.2, 0.25) is 0 Å². The fraction of sp³-hybridized carbons (Fsp3) is 0.524. The summed E-state index contributed by atoms with van der Waals surface area (Å²) < 4.78 is 11.7. The van der Waals surface area contributed by atoms with Crippen LogP contribution in [0, 0.1) is 13.8 Å². The van der Waals surface area contributed by atoms with Crippen LogP contribution in [0.4, 0.5) is 17.5 Å². The smallest absolute Gasteiger partial charge is 0.227 e. The van der Waals surface area contributed by atoms with Gasteiger partial charge in [-0.1, -0.05) is 12.1 Å². The molecule has 0 amide bonds. The molecule has 2 fully saturated rings. The predicted octanol–water partition coefficient (Wildman–Crippen LogP) is 3.59. The number of hydrogen-bond acceptors (Lipinski definition) is 6. The van der Waals surface area contributed by atoms with E-state index in [1.54, 1.807) is 0 Å². The summed E-state index contributed by atoms with van der Waals surface area (Å²) in [6.07, 6.45) is 1.71. The lowest BCUT2D eigenvalue weighted by atomic mass is 10.0.